The van der Waals surface area contributed by atoms with Crippen LogP contribution < -0.4 is 5.32 Å². The lowest BCUT2D eigenvalue weighted by atomic mass is 10.1. The van der Waals surface area contributed by atoms with Crippen LogP contribution in [0.4, 0.5) is 5.82 Å². The molecule has 1 aliphatic heterocycles. The first-order valence-electron chi connectivity index (χ1n) is 10.7. The number of H-pyrrole nitrogens is 1. The van der Waals surface area contributed by atoms with Crippen molar-refractivity contribution in [1.29, 1.82) is 0 Å². The number of anilines is 1. The van der Waals surface area contributed by atoms with Crippen LogP contribution in [0.3, 0.4) is 0 Å². The smallest absolute Gasteiger partial charge is 0.255 e. The fourth-order valence-electron chi connectivity index (χ4n) is 4.28. The second kappa shape index (κ2) is 8.78. The van der Waals surface area contributed by atoms with Crippen molar-refractivity contribution in [2.24, 2.45) is 0 Å². The third-order valence-corrected chi connectivity index (χ3v) is 6.58. The lowest BCUT2D eigenvalue weighted by Gasteiger charge is -2.23. The van der Waals surface area contributed by atoms with Crippen LogP contribution in [-0.2, 0) is 0 Å². The average Bonchev–Trinajstić information content (AvgIpc) is 3.45. The number of aliphatic hydroxyl groups excluding tert-OH is 1. The van der Waals surface area contributed by atoms with Gasteiger partial charge in [-0.25, -0.2) is 15.0 Å². The summed E-state index contributed by atoms with van der Waals surface area (Å²) >= 11 is 12.6. The maximum Gasteiger partial charge on any atom is 0.255 e. The van der Waals surface area contributed by atoms with Crippen LogP contribution in [0, 0.1) is 0 Å². The van der Waals surface area contributed by atoms with Crippen molar-refractivity contribution in [3.05, 3.63) is 58.1 Å². The highest BCUT2D eigenvalue weighted by Crippen LogP contribution is 2.31. The maximum absolute atomic E-state index is 13.1. The number of hydrogen-bond donors (Lipinski definition) is 3. The van der Waals surface area contributed by atoms with E-state index in [1.807, 2.05) is 19.1 Å². The monoisotopic (exact) mass is 484 g/mol. The van der Waals surface area contributed by atoms with E-state index in [9.17, 15) is 9.90 Å². The van der Waals surface area contributed by atoms with E-state index >= 15 is 0 Å². The third kappa shape index (κ3) is 4.10. The molecule has 0 spiro atoms. The Bertz CT molecular complexity index is 1360. The van der Waals surface area contributed by atoms with Crippen LogP contribution in [-0.4, -0.2) is 55.0 Å². The Morgan fingerprint density at radius 3 is 2.94 bits per heavy atom. The molecule has 8 nitrogen and oxygen atoms in total. The lowest BCUT2D eigenvalue weighted by molar-refractivity contribution is 0.0678. The molecule has 1 aliphatic rings. The number of carbonyl (C=O) groups is 1. The molecule has 1 saturated heterocycles. The maximum atomic E-state index is 13.1. The highest BCUT2D eigenvalue weighted by molar-refractivity contribution is 6.35. The minimum Gasteiger partial charge on any atom is -0.394 e. The fraction of sp³-hybridized carbons (Fsp3) is 0.304. The predicted molar refractivity (Wildman–Crippen MR) is 129 cm³/mol. The topological polar surface area (TPSA) is 107 Å². The number of hydrogen-bond acceptors (Lipinski definition) is 6. The Kier molecular flexibility index (Phi) is 5.82. The van der Waals surface area contributed by atoms with Gasteiger partial charge < -0.3 is 20.3 Å². The van der Waals surface area contributed by atoms with Crippen molar-refractivity contribution in [3.8, 4) is 0 Å². The summed E-state index contributed by atoms with van der Waals surface area (Å²) in [4.78, 5) is 31.4. The van der Waals surface area contributed by atoms with Crippen molar-refractivity contribution in [2.45, 2.75) is 31.8 Å². The number of carbonyl (C=O) groups excluding carboxylic acids is 1. The molecule has 5 rings (SSSR count). The Labute approximate surface area is 200 Å². The molecule has 4 aromatic rings. The lowest BCUT2D eigenvalue weighted by Crippen LogP contribution is -2.37. The number of halogens is 2. The summed E-state index contributed by atoms with van der Waals surface area (Å²) in [5.41, 5.74) is 2.65. The number of aromatic nitrogens is 4. The van der Waals surface area contributed by atoms with Crippen LogP contribution in [0.25, 0.3) is 21.9 Å². The van der Waals surface area contributed by atoms with Gasteiger partial charge in [0.25, 0.3) is 5.91 Å². The summed E-state index contributed by atoms with van der Waals surface area (Å²) in [7, 11) is 0. The molecule has 10 heteroatoms. The Morgan fingerprint density at radius 2 is 2.12 bits per heavy atom. The zero-order valence-corrected chi connectivity index (χ0v) is 19.4. The molecule has 0 bridgehead atoms. The highest BCUT2D eigenvalue weighted by Gasteiger charge is 2.30. The van der Waals surface area contributed by atoms with Gasteiger partial charge in [-0.05, 0) is 50.1 Å². The molecule has 0 saturated carbocycles. The van der Waals surface area contributed by atoms with E-state index in [1.54, 1.807) is 23.1 Å². The number of aromatic amines is 1. The SMILES string of the molecule is CC(Nc1ncnc2cc(C(=O)N3CCC[C@H]3CO)c(Cl)cc12)c1nc2ccc(Cl)cc2[nH]1. The number of benzene rings is 2. The van der Waals surface area contributed by atoms with Gasteiger partial charge in [0, 0.05) is 17.0 Å². The number of nitrogens with zero attached hydrogens (tertiary/aromatic N) is 4. The second-order valence-electron chi connectivity index (χ2n) is 8.20. The summed E-state index contributed by atoms with van der Waals surface area (Å²) in [5.74, 6) is 1.13. The zero-order chi connectivity index (χ0) is 23.1. The van der Waals surface area contributed by atoms with Gasteiger partial charge in [0.05, 0.1) is 45.8 Å². The largest absolute Gasteiger partial charge is 0.394 e. The van der Waals surface area contributed by atoms with E-state index in [0.717, 1.165) is 29.7 Å². The molecule has 0 aliphatic carbocycles. The Morgan fingerprint density at radius 1 is 1.27 bits per heavy atom. The van der Waals surface area contributed by atoms with E-state index in [2.05, 4.69) is 25.3 Å². The van der Waals surface area contributed by atoms with Gasteiger partial charge in [0.2, 0.25) is 0 Å². The van der Waals surface area contributed by atoms with E-state index in [4.69, 9.17) is 23.2 Å². The molecule has 0 radical (unpaired) electrons. The number of amides is 1. The van der Waals surface area contributed by atoms with Gasteiger partial charge in [-0.1, -0.05) is 23.2 Å². The predicted octanol–water partition coefficient (Wildman–Crippen LogP) is 4.58. The van der Waals surface area contributed by atoms with Gasteiger partial charge in [-0.15, -0.1) is 0 Å². The normalized spacial score (nSPS) is 17.1. The molecule has 1 fully saturated rings. The Hall–Kier alpha value is -2.94. The van der Waals surface area contributed by atoms with Gasteiger partial charge in [-0.2, -0.15) is 0 Å². The first-order chi connectivity index (χ1) is 15.9. The van der Waals surface area contributed by atoms with Gasteiger partial charge in [-0.3, -0.25) is 4.79 Å². The quantitative estimate of drug-likeness (QED) is 0.382. The minimum absolute atomic E-state index is 0.0565. The molecule has 170 valence electrons. The fourth-order valence-corrected chi connectivity index (χ4v) is 4.70. The summed E-state index contributed by atoms with van der Waals surface area (Å²) in [6, 6.07) is 8.53. The number of likely N-dealkylation sites (tertiary alicyclic amines) is 1. The number of rotatable bonds is 5. The van der Waals surface area contributed by atoms with Crippen molar-refractivity contribution in [1.82, 2.24) is 24.8 Å². The van der Waals surface area contributed by atoms with Crippen molar-refractivity contribution >= 4 is 56.9 Å². The number of imidazole rings is 1. The van der Waals surface area contributed by atoms with Crippen LogP contribution in [0.5, 0.6) is 0 Å². The standard InChI is InChI=1S/C23H22Cl2N6O2/c1-12(21-29-18-5-4-13(24)7-20(18)30-21)28-22-16-8-17(25)15(9-19(16)26-11-27-22)23(33)31-6-2-3-14(31)10-32/h4-5,7-9,11-12,14,32H,2-3,6,10H2,1H3,(H,29,30)(H,26,27,28)/t12?,14-/m0/s1. The Balaban J connectivity index is 1.45. The molecule has 1 amide bonds. The van der Waals surface area contributed by atoms with Crippen LogP contribution in [0.2, 0.25) is 10.0 Å². The molecule has 2 aromatic heterocycles. The van der Waals surface area contributed by atoms with Crippen molar-refractivity contribution < 1.29 is 9.90 Å². The van der Waals surface area contributed by atoms with Crippen molar-refractivity contribution in [2.75, 3.05) is 18.5 Å². The zero-order valence-electron chi connectivity index (χ0n) is 17.8. The van der Waals surface area contributed by atoms with Gasteiger partial charge >= 0.3 is 0 Å². The first kappa shape index (κ1) is 21.9. The molecule has 1 unspecified atom stereocenters. The van der Waals surface area contributed by atoms with Crippen molar-refractivity contribution in [3.63, 3.8) is 0 Å². The summed E-state index contributed by atoms with van der Waals surface area (Å²) in [6.07, 6.45) is 3.10. The molecule has 2 atom stereocenters. The molecule has 3 N–H and O–H groups in total. The number of aliphatic hydroxyl groups is 1. The number of fused-ring (bicyclic) bond motifs is 2. The summed E-state index contributed by atoms with van der Waals surface area (Å²) < 4.78 is 0. The highest BCUT2D eigenvalue weighted by atomic mass is 35.5. The van der Waals surface area contributed by atoms with E-state index in [1.165, 1.54) is 6.33 Å². The number of nitrogens with one attached hydrogen (secondary N) is 2. The van der Waals surface area contributed by atoms with E-state index in [0.29, 0.717) is 38.9 Å². The third-order valence-electron chi connectivity index (χ3n) is 6.03. The second-order valence-corrected chi connectivity index (χ2v) is 9.04. The molecular weight excluding hydrogens is 463 g/mol. The molecule has 3 heterocycles. The first-order valence-corrected chi connectivity index (χ1v) is 11.5. The van der Waals surface area contributed by atoms with E-state index < -0.39 is 0 Å². The van der Waals surface area contributed by atoms with Crippen LogP contribution in [0.1, 0.15) is 42.0 Å². The molecule has 33 heavy (non-hydrogen) atoms. The van der Waals surface area contributed by atoms with E-state index in [-0.39, 0.29) is 24.6 Å². The molecular formula is C23H22Cl2N6O2. The minimum atomic E-state index is -0.194. The van der Waals surface area contributed by atoms with Crippen LogP contribution >= 0.6 is 23.2 Å². The van der Waals surface area contributed by atoms with Crippen LogP contribution in [0.15, 0.2) is 36.7 Å². The molecule has 2 aromatic carbocycles. The summed E-state index contributed by atoms with van der Waals surface area (Å²) in [6.45, 7) is 2.52. The van der Waals surface area contributed by atoms with Gasteiger partial charge in [0.15, 0.2) is 0 Å². The van der Waals surface area contributed by atoms with Gasteiger partial charge in [0.1, 0.15) is 18.0 Å². The summed E-state index contributed by atoms with van der Waals surface area (Å²) in [5, 5.41) is 14.6. The average molecular weight is 485 g/mol.